The predicted molar refractivity (Wildman–Crippen MR) is 59.5 cm³/mol. The zero-order chi connectivity index (χ0) is 11.6. The van der Waals surface area contributed by atoms with E-state index in [0.29, 0.717) is 12.5 Å². The molecule has 2 rings (SSSR count). The van der Waals surface area contributed by atoms with Crippen LogP contribution in [0.4, 0.5) is 0 Å². The third kappa shape index (κ3) is 3.16. The van der Waals surface area contributed by atoms with Crippen molar-refractivity contribution in [3.63, 3.8) is 0 Å². The van der Waals surface area contributed by atoms with Gasteiger partial charge in [0.15, 0.2) is 0 Å². The van der Waals surface area contributed by atoms with Crippen LogP contribution in [0.2, 0.25) is 0 Å². The van der Waals surface area contributed by atoms with Gasteiger partial charge >= 0.3 is 0 Å². The van der Waals surface area contributed by atoms with Crippen LogP contribution in [0, 0.1) is 5.92 Å². The topological polar surface area (TPSA) is 75.6 Å². The molecule has 1 aliphatic heterocycles. The number of nitrogens with one attached hydrogen (secondary N) is 1. The molecule has 0 spiro atoms. The summed E-state index contributed by atoms with van der Waals surface area (Å²) in [5.74, 6) is 0.547. The van der Waals surface area contributed by atoms with E-state index >= 15 is 0 Å². The van der Waals surface area contributed by atoms with Crippen LogP contribution < -0.4 is 4.72 Å². The van der Waals surface area contributed by atoms with Crippen LogP contribution in [0.25, 0.3) is 0 Å². The highest BCUT2D eigenvalue weighted by molar-refractivity contribution is 7.89. The Bertz CT molecular complexity index is 326. The second-order valence-electron chi connectivity index (χ2n) is 4.58. The first-order valence-corrected chi connectivity index (χ1v) is 7.50. The van der Waals surface area contributed by atoms with Crippen molar-refractivity contribution < 1.29 is 18.3 Å². The Labute approximate surface area is 96.2 Å². The van der Waals surface area contributed by atoms with Crippen LogP contribution in [0.3, 0.4) is 0 Å². The largest absolute Gasteiger partial charge is 0.396 e. The van der Waals surface area contributed by atoms with Gasteiger partial charge in [-0.3, -0.25) is 0 Å². The Kier molecular flexibility index (Phi) is 3.84. The zero-order valence-corrected chi connectivity index (χ0v) is 10.1. The summed E-state index contributed by atoms with van der Waals surface area (Å²) in [5, 5.41) is 8.62. The molecule has 1 saturated carbocycles. The minimum atomic E-state index is -3.26. The Hall–Kier alpha value is -0.170. The third-order valence-electron chi connectivity index (χ3n) is 3.12. The minimum absolute atomic E-state index is 0.00259. The van der Waals surface area contributed by atoms with Crippen molar-refractivity contribution in [2.24, 2.45) is 5.92 Å². The number of hydrogen-bond donors (Lipinski definition) is 2. The molecule has 0 aromatic heterocycles. The highest BCUT2D eigenvalue weighted by atomic mass is 32.2. The van der Waals surface area contributed by atoms with Gasteiger partial charge in [-0.25, -0.2) is 13.1 Å². The Morgan fingerprint density at radius 1 is 1.31 bits per heavy atom. The molecule has 0 bridgehead atoms. The SMILES string of the molecule is O=S(=O)(CCCO)NC1CCOC1C1CC1. The molecule has 1 saturated heterocycles. The number of aliphatic hydroxyl groups excluding tert-OH is 1. The molecule has 6 heteroatoms. The van der Waals surface area contributed by atoms with Gasteiger partial charge in [0.05, 0.1) is 17.9 Å². The lowest BCUT2D eigenvalue weighted by Gasteiger charge is -2.19. The quantitative estimate of drug-likeness (QED) is 0.687. The Balaban J connectivity index is 1.87. The Morgan fingerprint density at radius 2 is 2.06 bits per heavy atom. The highest BCUT2D eigenvalue weighted by Gasteiger charge is 2.41. The van der Waals surface area contributed by atoms with Crippen LogP contribution >= 0.6 is 0 Å². The van der Waals surface area contributed by atoms with E-state index in [1.165, 1.54) is 0 Å². The first-order chi connectivity index (χ1) is 7.62. The fourth-order valence-corrected chi connectivity index (χ4v) is 3.51. The van der Waals surface area contributed by atoms with E-state index in [0.717, 1.165) is 19.3 Å². The van der Waals surface area contributed by atoms with E-state index in [4.69, 9.17) is 9.84 Å². The van der Waals surface area contributed by atoms with Crippen LogP contribution in [0.5, 0.6) is 0 Å². The van der Waals surface area contributed by atoms with E-state index in [2.05, 4.69) is 4.72 Å². The molecule has 2 aliphatic rings. The second kappa shape index (κ2) is 5.00. The summed E-state index contributed by atoms with van der Waals surface area (Å²) in [7, 11) is -3.26. The average Bonchev–Trinajstić information content (AvgIpc) is 2.98. The fraction of sp³-hybridized carbons (Fsp3) is 1.00. The van der Waals surface area contributed by atoms with Crippen LogP contribution in [-0.4, -0.2) is 44.6 Å². The van der Waals surface area contributed by atoms with Gasteiger partial charge in [-0.15, -0.1) is 0 Å². The number of rotatable bonds is 6. The maximum Gasteiger partial charge on any atom is 0.212 e. The molecular formula is C10H19NO4S. The van der Waals surface area contributed by atoms with E-state index in [1.54, 1.807) is 0 Å². The average molecular weight is 249 g/mol. The van der Waals surface area contributed by atoms with Gasteiger partial charge in [0.1, 0.15) is 0 Å². The number of hydrogen-bond acceptors (Lipinski definition) is 4. The van der Waals surface area contributed by atoms with Gasteiger partial charge in [-0.05, 0) is 31.6 Å². The van der Waals surface area contributed by atoms with E-state index in [9.17, 15) is 8.42 Å². The van der Waals surface area contributed by atoms with E-state index < -0.39 is 10.0 Å². The van der Waals surface area contributed by atoms with Crippen molar-refractivity contribution in [2.75, 3.05) is 19.0 Å². The van der Waals surface area contributed by atoms with Gasteiger partial charge in [-0.1, -0.05) is 0 Å². The smallest absolute Gasteiger partial charge is 0.212 e. The normalized spacial score (nSPS) is 30.8. The molecule has 0 aromatic carbocycles. The number of aliphatic hydroxyl groups is 1. The van der Waals surface area contributed by atoms with Gasteiger partial charge in [0, 0.05) is 13.2 Å². The van der Waals surface area contributed by atoms with Crippen LogP contribution in [0.1, 0.15) is 25.7 Å². The van der Waals surface area contributed by atoms with Crippen LogP contribution in [0.15, 0.2) is 0 Å². The summed E-state index contributed by atoms with van der Waals surface area (Å²) >= 11 is 0. The summed E-state index contributed by atoms with van der Waals surface area (Å²) in [6.45, 7) is 0.558. The molecular weight excluding hydrogens is 230 g/mol. The lowest BCUT2D eigenvalue weighted by atomic mass is 10.1. The minimum Gasteiger partial charge on any atom is -0.396 e. The molecule has 94 valence electrons. The van der Waals surface area contributed by atoms with E-state index in [1.807, 2.05) is 0 Å². The monoisotopic (exact) mass is 249 g/mol. The van der Waals surface area contributed by atoms with Gasteiger partial charge < -0.3 is 9.84 Å². The summed E-state index contributed by atoms with van der Waals surface area (Å²) in [6.07, 6.45) is 3.43. The van der Waals surface area contributed by atoms with Gasteiger partial charge in [0.25, 0.3) is 0 Å². The molecule has 5 nitrogen and oxygen atoms in total. The standard InChI is InChI=1S/C10H19NO4S/c12-5-1-7-16(13,14)11-9-4-6-15-10(9)8-2-3-8/h8-12H,1-7H2. The predicted octanol–water partition coefficient (Wildman–Crippen LogP) is -0.144. The zero-order valence-electron chi connectivity index (χ0n) is 9.26. The second-order valence-corrected chi connectivity index (χ2v) is 6.46. The molecule has 1 heterocycles. The van der Waals surface area contributed by atoms with E-state index in [-0.39, 0.29) is 30.9 Å². The first kappa shape index (κ1) is 12.3. The molecule has 2 N–H and O–H groups in total. The van der Waals surface area contributed by atoms with Crippen molar-refractivity contribution in [3.8, 4) is 0 Å². The summed E-state index contributed by atoms with van der Waals surface area (Å²) in [5.41, 5.74) is 0. The van der Waals surface area contributed by atoms with Crippen LogP contribution in [-0.2, 0) is 14.8 Å². The number of ether oxygens (including phenoxy) is 1. The number of sulfonamides is 1. The van der Waals surface area contributed by atoms with Crippen molar-refractivity contribution in [3.05, 3.63) is 0 Å². The highest BCUT2D eigenvalue weighted by Crippen LogP contribution is 2.38. The molecule has 2 fully saturated rings. The van der Waals surface area contributed by atoms with Crippen molar-refractivity contribution in [1.29, 1.82) is 0 Å². The van der Waals surface area contributed by atoms with Crippen molar-refractivity contribution in [2.45, 2.75) is 37.8 Å². The molecule has 2 unspecified atom stereocenters. The lowest BCUT2D eigenvalue weighted by molar-refractivity contribution is 0.0848. The molecule has 0 amide bonds. The lowest BCUT2D eigenvalue weighted by Crippen LogP contribution is -2.42. The molecule has 1 aliphatic carbocycles. The third-order valence-corrected chi connectivity index (χ3v) is 4.61. The summed E-state index contributed by atoms with van der Waals surface area (Å²) in [4.78, 5) is 0. The maximum absolute atomic E-state index is 11.7. The summed E-state index contributed by atoms with van der Waals surface area (Å²) in [6, 6.07) is -0.0591. The molecule has 16 heavy (non-hydrogen) atoms. The molecule has 0 radical (unpaired) electrons. The first-order valence-electron chi connectivity index (χ1n) is 5.85. The van der Waals surface area contributed by atoms with Gasteiger partial charge in [0.2, 0.25) is 10.0 Å². The molecule has 0 aromatic rings. The fourth-order valence-electron chi connectivity index (χ4n) is 2.17. The Morgan fingerprint density at radius 3 is 2.69 bits per heavy atom. The summed E-state index contributed by atoms with van der Waals surface area (Å²) < 4.78 is 31.6. The van der Waals surface area contributed by atoms with Crippen molar-refractivity contribution in [1.82, 2.24) is 4.72 Å². The van der Waals surface area contributed by atoms with Crippen molar-refractivity contribution >= 4 is 10.0 Å². The van der Waals surface area contributed by atoms with Gasteiger partial charge in [-0.2, -0.15) is 0 Å². The molecule has 2 atom stereocenters. The maximum atomic E-state index is 11.7.